The first kappa shape index (κ1) is 18.0. The number of fused-ring (bicyclic) bond motifs is 1. The number of esters is 1. The fourth-order valence-corrected chi connectivity index (χ4v) is 2.28. The summed E-state index contributed by atoms with van der Waals surface area (Å²) in [5.74, 6) is 0.325. The highest BCUT2D eigenvalue weighted by atomic mass is 16.5. The van der Waals surface area contributed by atoms with E-state index in [9.17, 15) is 4.79 Å². The highest BCUT2D eigenvalue weighted by Gasteiger charge is 2.11. The number of carbonyl (C=O) groups is 1. The summed E-state index contributed by atoms with van der Waals surface area (Å²) in [7, 11) is 2.06. The van der Waals surface area contributed by atoms with E-state index in [-0.39, 0.29) is 5.97 Å². The van der Waals surface area contributed by atoms with Gasteiger partial charge in [-0.15, -0.1) is 6.58 Å². The van der Waals surface area contributed by atoms with Crippen molar-refractivity contribution >= 4 is 16.9 Å². The molecule has 0 aliphatic carbocycles. The quantitative estimate of drug-likeness (QED) is 0.502. The largest absolute Gasteiger partial charge is 0.426 e. The summed E-state index contributed by atoms with van der Waals surface area (Å²) in [5, 5.41) is 0.995. The highest BCUT2D eigenvalue weighted by molar-refractivity contribution is 5.91. The van der Waals surface area contributed by atoms with E-state index in [2.05, 4.69) is 23.5 Å². The molecule has 0 saturated carbocycles. The second kappa shape index (κ2) is 9.05. The molecule has 1 heterocycles. The Morgan fingerprint density at radius 3 is 2.77 bits per heavy atom. The third-order valence-electron chi connectivity index (χ3n) is 3.21. The van der Waals surface area contributed by atoms with Gasteiger partial charge in [0.1, 0.15) is 5.75 Å². The summed E-state index contributed by atoms with van der Waals surface area (Å²) < 4.78 is 5.29. The number of carbonyl (C=O) groups excluding carboxylic acids is 1. The van der Waals surface area contributed by atoms with Gasteiger partial charge in [0.2, 0.25) is 0 Å². The van der Waals surface area contributed by atoms with E-state index in [0.29, 0.717) is 5.75 Å². The number of nitrogens with one attached hydrogen (secondary N) is 1. The van der Waals surface area contributed by atoms with Gasteiger partial charge in [0, 0.05) is 37.1 Å². The van der Waals surface area contributed by atoms with Gasteiger partial charge in [-0.05, 0) is 31.2 Å². The molecule has 0 aliphatic rings. The molecule has 0 atom stereocenters. The van der Waals surface area contributed by atoms with Crippen LogP contribution < -0.4 is 4.74 Å². The Bertz CT molecular complexity index is 617. The van der Waals surface area contributed by atoms with Gasteiger partial charge in [-0.3, -0.25) is 4.79 Å². The lowest BCUT2D eigenvalue weighted by Gasteiger charge is -2.13. The first-order valence-corrected chi connectivity index (χ1v) is 7.68. The minimum absolute atomic E-state index is 0.298. The molecular formula is C18H26N2O2. The molecule has 2 rings (SSSR count). The maximum Gasteiger partial charge on any atom is 0.308 e. The zero-order valence-electron chi connectivity index (χ0n) is 14.0. The SMILES string of the molecule is C=CCN(C)CCc1c[nH]c2cccc(OC(C)=O)c12.CC. The second-order valence-corrected chi connectivity index (χ2v) is 4.89. The molecule has 1 aromatic heterocycles. The van der Waals surface area contributed by atoms with Gasteiger partial charge >= 0.3 is 5.97 Å². The smallest absolute Gasteiger partial charge is 0.308 e. The Labute approximate surface area is 132 Å². The Balaban J connectivity index is 0.00000116. The normalized spacial score (nSPS) is 10.2. The lowest BCUT2D eigenvalue weighted by atomic mass is 10.1. The van der Waals surface area contributed by atoms with E-state index in [1.807, 2.05) is 44.3 Å². The molecule has 0 fully saturated rings. The minimum atomic E-state index is -0.298. The minimum Gasteiger partial charge on any atom is -0.426 e. The third kappa shape index (κ3) is 4.74. The van der Waals surface area contributed by atoms with Gasteiger partial charge in [0.15, 0.2) is 0 Å². The molecule has 1 aromatic carbocycles. The molecule has 2 aromatic rings. The Morgan fingerprint density at radius 1 is 1.41 bits per heavy atom. The van der Waals surface area contributed by atoms with Crippen LogP contribution in [0.3, 0.4) is 0 Å². The number of H-pyrrole nitrogens is 1. The van der Waals surface area contributed by atoms with Gasteiger partial charge in [-0.1, -0.05) is 26.0 Å². The van der Waals surface area contributed by atoms with Crippen LogP contribution in [0.5, 0.6) is 5.75 Å². The van der Waals surface area contributed by atoms with E-state index in [0.717, 1.165) is 36.0 Å². The van der Waals surface area contributed by atoms with Crippen molar-refractivity contribution < 1.29 is 9.53 Å². The van der Waals surface area contributed by atoms with Crippen molar-refractivity contribution in [2.24, 2.45) is 0 Å². The molecule has 0 radical (unpaired) electrons. The third-order valence-corrected chi connectivity index (χ3v) is 3.21. The molecule has 4 heteroatoms. The lowest BCUT2D eigenvalue weighted by molar-refractivity contribution is -0.131. The lowest BCUT2D eigenvalue weighted by Crippen LogP contribution is -2.20. The topological polar surface area (TPSA) is 45.3 Å². The van der Waals surface area contributed by atoms with Crippen LogP contribution in [-0.4, -0.2) is 36.0 Å². The molecule has 0 aliphatic heterocycles. The zero-order valence-corrected chi connectivity index (χ0v) is 14.0. The molecule has 22 heavy (non-hydrogen) atoms. The molecule has 120 valence electrons. The van der Waals surface area contributed by atoms with Gasteiger partial charge in [-0.25, -0.2) is 0 Å². The summed E-state index contributed by atoms with van der Waals surface area (Å²) in [6.07, 6.45) is 4.77. The molecule has 1 N–H and O–H groups in total. The zero-order chi connectivity index (χ0) is 16.5. The predicted octanol–water partition coefficient (Wildman–Crippen LogP) is 3.78. The van der Waals surface area contributed by atoms with E-state index >= 15 is 0 Å². The fraction of sp³-hybridized carbons (Fsp3) is 0.389. The highest BCUT2D eigenvalue weighted by Crippen LogP contribution is 2.29. The number of nitrogens with zero attached hydrogens (tertiary/aromatic N) is 1. The molecule has 0 unspecified atom stereocenters. The summed E-state index contributed by atoms with van der Waals surface area (Å²) in [4.78, 5) is 16.6. The van der Waals surface area contributed by atoms with E-state index in [1.165, 1.54) is 6.92 Å². The van der Waals surface area contributed by atoms with Crippen LogP contribution in [0.15, 0.2) is 37.1 Å². The van der Waals surface area contributed by atoms with Gasteiger partial charge in [0.05, 0.1) is 0 Å². The maximum absolute atomic E-state index is 11.2. The van der Waals surface area contributed by atoms with Crippen molar-refractivity contribution in [3.63, 3.8) is 0 Å². The average molecular weight is 302 g/mol. The first-order valence-electron chi connectivity index (χ1n) is 7.68. The van der Waals surface area contributed by atoms with Crippen molar-refractivity contribution in [3.8, 4) is 5.75 Å². The van der Waals surface area contributed by atoms with Gasteiger partial charge in [-0.2, -0.15) is 0 Å². The van der Waals surface area contributed by atoms with Crippen LogP contribution in [0.4, 0.5) is 0 Å². The maximum atomic E-state index is 11.2. The van der Waals surface area contributed by atoms with Crippen LogP contribution in [0.2, 0.25) is 0 Å². The van der Waals surface area contributed by atoms with Crippen molar-refractivity contribution in [2.45, 2.75) is 27.2 Å². The van der Waals surface area contributed by atoms with Gasteiger partial charge < -0.3 is 14.6 Å². The van der Waals surface area contributed by atoms with Crippen molar-refractivity contribution in [1.82, 2.24) is 9.88 Å². The number of hydrogen-bond acceptors (Lipinski definition) is 3. The Hall–Kier alpha value is -2.07. The van der Waals surface area contributed by atoms with E-state index in [1.54, 1.807) is 0 Å². The summed E-state index contributed by atoms with van der Waals surface area (Å²) in [6, 6.07) is 5.69. The van der Waals surface area contributed by atoms with E-state index < -0.39 is 0 Å². The summed E-state index contributed by atoms with van der Waals surface area (Å²) in [6.45, 7) is 10.9. The molecule has 4 nitrogen and oxygen atoms in total. The van der Waals surface area contributed by atoms with Crippen LogP contribution in [0.1, 0.15) is 26.3 Å². The number of benzene rings is 1. The molecule has 0 saturated heterocycles. The standard InChI is InChI=1S/C16H20N2O2.C2H6/c1-4-9-18(3)10-8-13-11-17-14-6-5-7-15(16(13)14)20-12(2)19;1-2/h4-7,11,17H,1,8-10H2,2-3H3;1-2H3. The van der Waals surface area contributed by atoms with E-state index in [4.69, 9.17) is 4.74 Å². The fourth-order valence-electron chi connectivity index (χ4n) is 2.28. The number of aromatic nitrogens is 1. The number of rotatable bonds is 6. The van der Waals surface area contributed by atoms with Crippen molar-refractivity contribution in [1.29, 1.82) is 0 Å². The molecule has 0 amide bonds. The number of aromatic amines is 1. The van der Waals surface area contributed by atoms with Crippen LogP contribution in [-0.2, 0) is 11.2 Å². The summed E-state index contributed by atoms with van der Waals surface area (Å²) in [5.41, 5.74) is 2.15. The predicted molar refractivity (Wildman–Crippen MR) is 92.4 cm³/mol. The molecule has 0 bridgehead atoms. The number of likely N-dealkylation sites (N-methyl/N-ethyl adjacent to an activating group) is 1. The second-order valence-electron chi connectivity index (χ2n) is 4.89. The van der Waals surface area contributed by atoms with Gasteiger partial charge in [0.25, 0.3) is 0 Å². The Kier molecular flexibility index (Phi) is 7.40. The number of hydrogen-bond donors (Lipinski definition) is 1. The Morgan fingerprint density at radius 2 is 2.14 bits per heavy atom. The van der Waals surface area contributed by atoms with Crippen LogP contribution in [0, 0.1) is 0 Å². The van der Waals surface area contributed by atoms with Crippen molar-refractivity contribution in [2.75, 3.05) is 20.1 Å². The monoisotopic (exact) mass is 302 g/mol. The molecule has 0 spiro atoms. The molecular weight excluding hydrogens is 276 g/mol. The summed E-state index contributed by atoms with van der Waals surface area (Å²) >= 11 is 0. The first-order chi connectivity index (χ1) is 10.6. The van der Waals surface area contributed by atoms with Crippen molar-refractivity contribution in [3.05, 3.63) is 42.6 Å². The average Bonchev–Trinajstić information content (AvgIpc) is 2.91. The van der Waals surface area contributed by atoms with Crippen LogP contribution in [0.25, 0.3) is 10.9 Å². The van der Waals surface area contributed by atoms with Crippen LogP contribution >= 0.6 is 0 Å². The number of ether oxygens (including phenoxy) is 1.